The van der Waals surface area contributed by atoms with E-state index in [-0.39, 0.29) is 5.91 Å². The number of benzene rings is 1. The molecule has 20 heavy (non-hydrogen) atoms. The van der Waals surface area contributed by atoms with E-state index in [1.807, 2.05) is 0 Å². The fourth-order valence-electron chi connectivity index (χ4n) is 3.26. The quantitative estimate of drug-likeness (QED) is 0.783. The van der Waals surface area contributed by atoms with Gasteiger partial charge in [0.15, 0.2) is 0 Å². The molecule has 0 aliphatic heterocycles. The topological polar surface area (TPSA) is 41.1 Å². The first-order valence-corrected chi connectivity index (χ1v) is 7.65. The molecule has 2 N–H and O–H groups in total. The van der Waals surface area contributed by atoms with Crippen LogP contribution >= 0.6 is 0 Å². The summed E-state index contributed by atoms with van der Waals surface area (Å²) in [6.07, 6.45) is 6.31. The number of hydrogen-bond donors (Lipinski definition) is 2. The Morgan fingerprint density at radius 2 is 1.85 bits per heavy atom. The van der Waals surface area contributed by atoms with Crippen molar-refractivity contribution in [1.29, 1.82) is 0 Å². The van der Waals surface area contributed by atoms with Crippen LogP contribution in [0.25, 0.3) is 0 Å². The maximum Gasteiger partial charge on any atom is 0.233 e. The van der Waals surface area contributed by atoms with Gasteiger partial charge in [0.1, 0.15) is 0 Å². The lowest BCUT2D eigenvalue weighted by molar-refractivity contribution is -0.119. The highest BCUT2D eigenvalue weighted by Gasteiger charge is 2.34. The molecule has 1 fully saturated rings. The van der Waals surface area contributed by atoms with Crippen LogP contribution in [0.5, 0.6) is 0 Å². The van der Waals surface area contributed by atoms with Crippen molar-refractivity contribution in [2.24, 2.45) is 0 Å². The van der Waals surface area contributed by atoms with Crippen LogP contribution in [0.4, 0.5) is 0 Å². The third-order valence-corrected chi connectivity index (χ3v) is 4.57. The van der Waals surface area contributed by atoms with Gasteiger partial charge in [-0.2, -0.15) is 0 Å². The Labute approximate surface area is 122 Å². The fourth-order valence-corrected chi connectivity index (χ4v) is 3.26. The Balaban J connectivity index is 1.96. The minimum absolute atomic E-state index is 0.0563. The molecule has 1 aromatic carbocycles. The molecule has 110 valence electrons. The number of likely N-dealkylation sites (N-methyl/N-ethyl adjacent to an activating group) is 1. The molecule has 0 spiro atoms. The van der Waals surface area contributed by atoms with Crippen LogP contribution < -0.4 is 10.6 Å². The normalized spacial score (nSPS) is 17.1. The molecule has 3 nitrogen and oxygen atoms in total. The largest absolute Gasteiger partial charge is 0.358 e. The van der Waals surface area contributed by atoms with E-state index in [1.165, 1.54) is 36.8 Å². The number of nitrogens with one attached hydrogen (secondary N) is 2. The summed E-state index contributed by atoms with van der Waals surface area (Å²) < 4.78 is 0. The first-order valence-electron chi connectivity index (χ1n) is 7.65. The van der Waals surface area contributed by atoms with Crippen molar-refractivity contribution >= 4 is 5.91 Å². The van der Waals surface area contributed by atoms with Gasteiger partial charge in [-0.25, -0.2) is 0 Å². The molecule has 0 unspecified atom stereocenters. The summed E-state index contributed by atoms with van der Waals surface area (Å²) in [5.74, 6) is 0.0563. The second-order valence-corrected chi connectivity index (χ2v) is 5.95. The molecule has 3 heteroatoms. The molecule has 0 bridgehead atoms. The van der Waals surface area contributed by atoms with Gasteiger partial charge in [-0.15, -0.1) is 0 Å². The Kier molecular flexibility index (Phi) is 5.18. The van der Waals surface area contributed by atoms with E-state index in [4.69, 9.17) is 0 Å². The highest BCUT2D eigenvalue weighted by Crippen LogP contribution is 2.43. The molecular formula is C17H26N2O. The number of carbonyl (C=O) groups is 1. The summed E-state index contributed by atoms with van der Waals surface area (Å²) in [7, 11) is 1.68. The molecule has 0 radical (unpaired) electrons. The summed E-state index contributed by atoms with van der Waals surface area (Å²) in [5, 5.41) is 5.90. The van der Waals surface area contributed by atoms with Gasteiger partial charge < -0.3 is 10.6 Å². The maximum atomic E-state index is 11.2. The van der Waals surface area contributed by atoms with Crippen LogP contribution in [0.3, 0.4) is 0 Å². The van der Waals surface area contributed by atoms with E-state index in [2.05, 4.69) is 41.8 Å². The SMILES string of the molecule is CNC(=O)CNCCC1(c2ccc(C)cc2)CCCC1. The smallest absolute Gasteiger partial charge is 0.233 e. The molecule has 0 heterocycles. The van der Waals surface area contributed by atoms with Gasteiger partial charge in [-0.05, 0) is 43.7 Å². The van der Waals surface area contributed by atoms with E-state index >= 15 is 0 Å². The Morgan fingerprint density at radius 1 is 1.20 bits per heavy atom. The predicted molar refractivity (Wildman–Crippen MR) is 82.9 cm³/mol. The molecule has 1 amide bonds. The molecule has 0 atom stereocenters. The number of rotatable bonds is 6. The molecule has 1 saturated carbocycles. The predicted octanol–water partition coefficient (Wildman–Crippen LogP) is 2.53. The van der Waals surface area contributed by atoms with Crippen LogP contribution in [-0.2, 0) is 10.2 Å². The summed E-state index contributed by atoms with van der Waals surface area (Å²) in [6, 6.07) is 9.01. The Morgan fingerprint density at radius 3 is 2.45 bits per heavy atom. The van der Waals surface area contributed by atoms with Crippen molar-refractivity contribution in [3.8, 4) is 0 Å². The highest BCUT2D eigenvalue weighted by molar-refractivity contribution is 5.77. The molecule has 1 aromatic rings. The monoisotopic (exact) mass is 274 g/mol. The summed E-state index contributed by atoms with van der Waals surface area (Å²) in [6.45, 7) is 3.46. The van der Waals surface area contributed by atoms with E-state index in [0.29, 0.717) is 12.0 Å². The van der Waals surface area contributed by atoms with Gasteiger partial charge in [-0.1, -0.05) is 42.7 Å². The van der Waals surface area contributed by atoms with Crippen LogP contribution in [0.2, 0.25) is 0 Å². The minimum Gasteiger partial charge on any atom is -0.358 e. The zero-order valence-electron chi connectivity index (χ0n) is 12.7. The molecule has 0 saturated heterocycles. The van der Waals surface area contributed by atoms with Gasteiger partial charge in [-0.3, -0.25) is 4.79 Å². The van der Waals surface area contributed by atoms with E-state index < -0.39 is 0 Å². The highest BCUT2D eigenvalue weighted by atomic mass is 16.1. The van der Waals surface area contributed by atoms with Crippen molar-refractivity contribution in [2.75, 3.05) is 20.1 Å². The van der Waals surface area contributed by atoms with Crippen LogP contribution in [0.15, 0.2) is 24.3 Å². The van der Waals surface area contributed by atoms with Crippen molar-refractivity contribution in [2.45, 2.75) is 44.4 Å². The van der Waals surface area contributed by atoms with Crippen molar-refractivity contribution < 1.29 is 4.79 Å². The average molecular weight is 274 g/mol. The van der Waals surface area contributed by atoms with Gasteiger partial charge in [0, 0.05) is 7.05 Å². The zero-order valence-corrected chi connectivity index (χ0v) is 12.7. The number of hydrogen-bond acceptors (Lipinski definition) is 2. The van der Waals surface area contributed by atoms with Gasteiger partial charge in [0.25, 0.3) is 0 Å². The second kappa shape index (κ2) is 6.89. The van der Waals surface area contributed by atoms with Crippen molar-refractivity contribution in [3.63, 3.8) is 0 Å². The first kappa shape index (κ1) is 15.0. The van der Waals surface area contributed by atoms with Crippen LogP contribution in [-0.4, -0.2) is 26.0 Å². The molecule has 1 aliphatic carbocycles. The average Bonchev–Trinajstić information content (AvgIpc) is 2.94. The number of aryl methyl sites for hydroxylation is 1. The van der Waals surface area contributed by atoms with Gasteiger partial charge in [0.2, 0.25) is 5.91 Å². The fraction of sp³-hybridized carbons (Fsp3) is 0.588. The molecule has 1 aliphatic rings. The van der Waals surface area contributed by atoms with Crippen LogP contribution in [0, 0.1) is 6.92 Å². The third-order valence-electron chi connectivity index (χ3n) is 4.57. The summed E-state index contributed by atoms with van der Waals surface area (Å²) >= 11 is 0. The third kappa shape index (κ3) is 3.60. The second-order valence-electron chi connectivity index (χ2n) is 5.95. The number of carbonyl (C=O) groups excluding carboxylic acids is 1. The number of amides is 1. The lowest BCUT2D eigenvalue weighted by atomic mass is 9.76. The Bertz CT molecular complexity index is 433. The maximum absolute atomic E-state index is 11.2. The molecule has 2 rings (SSSR count). The molecule has 0 aromatic heterocycles. The summed E-state index contributed by atoms with van der Waals surface area (Å²) in [5.41, 5.74) is 3.12. The van der Waals surface area contributed by atoms with Crippen molar-refractivity contribution in [1.82, 2.24) is 10.6 Å². The van der Waals surface area contributed by atoms with Gasteiger partial charge >= 0.3 is 0 Å². The lowest BCUT2D eigenvalue weighted by Crippen LogP contribution is -2.34. The van der Waals surface area contributed by atoms with E-state index in [0.717, 1.165) is 13.0 Å². The minimum atomic E-state index is 0.0563. The van der Waals surface area contributed by atoms with Crippen molar-refractivity contribution in [3.05, 3.63) is 35.4 Å². The standard InChI is InChI=1S/C17H26N2O/c1-14-5-7-15(8-6-14)17(9-3-4-10-17)11-12-19-13-16(20)18-2/h5-8,19H,3-4,9-13H2,1-2H3,(H,18,20). The Hall–Kier alpha value is -1.35. The van der Waals surface area contributed by atoms with E-state index in [1.54, 1.807) is 7.05 Å². The summed E-state index contributed by atoms with van der Waals surface area (Å²) in [4.78, 5) is 11.2. The lowest BCUT2D eigenvalue weighted by Gasteiger charge is -2.30. The first-order chi connectivity index (χ1) is 9.66. The molecular weight excluding hydrogens is 248 g/mol. The zero-order chi connectivity index (χ0) is 14.4. The van der Waals surface area contributed by atoms with Crippen LogP contribution in [0.1, 0.15) is 43.2 Å². The van der Waals surface area contributed by atoms with E-state index in [9.17, 15) is 4.79 Å². The van der Waals surface area contributed by atoms with Gasteiger partial charge in [0.05, 0.1) is 6.54 Å².